The quantitative estimate of drug-likeness (QED) is 0.666. The molecule has 0 aliphatic heterocycles. The maximum Gasteiger partial charge on any atom is 0.165 e. The molecule has 94 valence electrons. The zero-order valence-corrected chi connectivity index (χ0v) is 11.0. The molecule has 0 unspecified atom stereocenters. The Morgan fingerprint density at radius 3 is 2.71 bits per heavy atom. The van der Waals surface area contributed by atoms with E-state index in [1.165, 1.54) is 19.3 Å². The standard InChI is InChI=1S/C12H19ClN4/c1-2-10-11(13)12(16-8-15-10)17(14)9-6-4-3-5-7-9/h8-9H,2-7,14H2,1H3. The number of anilines is 1. The maximum atomic E-state index is 6.28. The molecule has 0 amide bonds. The van der Waals surface area contributed by atoms with E-state index in [0.29, 0.717) is 16.9 Å². The van der Waals surface area contributed by atoms with E-state index < -0.39 is 0 Å². The van der Waals surface area contributed by atoms with Gasteiger partial charge in [0.05, 0.1) is 5.69 Å². The van der Waals surface area contributed by atoms with Gasteiger partial charge in [0.25, 0.3) is 0 Å². The first-order chi connectivity index (χ1) is 8.24. The van der Waals surface area contributed by atoms with Crippen molar-refractivity contribution in [1.82, 2.24) is 9.97 Å². The Bertz CT molecular complexity index is 377. The minimum atomic E-state index is 0.362. The Hall–Kier alpha value is -0.870. The summed E-state index contributed by atoms with van der Waals surface area (Å²) in [6.45, 7) is 2.03. The summed E-state index contributed by atoms with van der Waals surface area (Å²) < 4.78 is 0. The summed E-state index contributed by atoms with van der Waals surface area (Å²) in [5.41, 5.74) is 0.864. The minimum absolute atomic E-state index is 0.362. The largest absolute Gasteiger partial charge is 0.290 e. The van der Waals surface area contributed by atoms with E-state index >= 15 is 0 Å². The number of rotatable bonds is 3. The lowest BCUT2D eigenvalue weighted by Crippen LogP contribution is -2.43. The van der Waals surface area contributed by atoms with Crippen molar-refractivity contribution in [3.05, 3.63) is 17.0 Å². The van der Waals surface area contributed by atoms with Crippen molar-refractivity contribution in [2.75, 3.05) is 5.01 Å². The molecule has 1 heterocycles. The van der Waals surface area contributed by atoms with Crippen molar-refractivity contribution >= 4 is 17.4 Å². The highest BCUT2D eigenvalue weighted by atomic mass is 35.5. The fraction of sp³-hybridized carbons (Fsp3) is 0.667. The molecule has 0 spiro atoms. The Morgan fingerprint density at radius 1 is 1.35 bits per heavy atom. The van der Waals surface area contributed by atoms with Gasteiger partial charge in [-0.05, 0) is 19.3 Å². The lowest BCUT2D eigenvalue weighted by Gasteiger charge is -2.31. The number of hydrogen-bond donors (Lipinski definition) is 1. The van der Waals surface area contributed by atoms with Crippen LogP contribution in [-0.2, 0) is 6.42 Å². The molecule has 1 saturated carbocycles. The molecule has 0 aromatic carbocycles. The average molecular weight is 255 g/mol. The summed E-state index contributed by atoms with van der Waals surface area (Å²) >= 11 is 6.28. The van der Waals surface area contributed by atoms with Crippen LogP contribution in [0.5, 0.6) is 0 Å². The van der Waals surface area contributed by atoms with E-state index in [1.807, 2.05) is 6.92 Å². The molecule has 1 aliphatic carbocycles. The fourth-order valence-electron chi connectivity index (χ4n) is 2.35. The van der Waals surface area contributed by atoms with Gasteiger partial charge in [0, 0.05) is 6.04 Å². The normalized spacial score (nSPS) is 17.1. The number of hydrazine groups is 1. The average Bonchev–Trinajstić information content (AvgIpc) is 2.39. The van der Waals surface area contributed by atoms with Gasteiger partial charge in [-0.25, -0.2) is 15.8 Å². The van der Waals surface area contributed by atoms with Gasteiger partial charge in [0.1, 0.15) is 11.3 Å². The van der Waals surface area contributed by atoms with E-state index in [0.717, 1.165) is 25.0 Å². The van der Waals surface area contributed by atoms with Crippen LogP contribution in [0.2, 0.25) is 5.02 Å². The Labute approximate surface area is 107 Å². The van der Waals surface area contributed by atoms with E-state index in [9.17, 15) is 0 Å². The van der Waals surface area contributed by atoms with Crippen molar-refractivity contribution in [3.63, 3.8) is 0 Å². The van der Waals surface area contributed by atoms with Crippen molar-refractivity contribution < 1.29 is 0 Å². The number of nitrogens with two attached hydrogens (primary N) is 1. The first-order valence-corrected chi connectivity index (χ1v) is 6.65. The number of nitrogens with zero attached hydrogens (tertiary/aromatic N) is 3. The zero-order chi connectivity index (χ0) is 12.3. The smallest absolute Gasteiger partial charge is 0.165 e. The molecule has 1 aromatic heterocycles. The van der Waals surface area contributed by atoms with Crippen LogP contribution in [0.1, 0.15) is 44.7 Å². The van der Waals surface area contributed by atoms with Crippen LogP contribution in [0.15, 0.2) is 6.33 Å². The van der Waals surface area contributed by atoms with Gasteiger partial charge in [0.15, 0.2) is 5.82 Å². The molecule has 2 N–H and O–H groups in total. The van der Waals surface area contributed by atoms with Crippen molar-refractivity contribution in [2.45, 2.75) is 51.5 Å². The van der Waals surface area contributed by atoms with Crippen LogP contribution in [0.25, 0.3) is 0 Å². The molecule has 2 rings (SSSR count). The summed E-state index contributed by atoms with van der Waals surface area (Å²) in [5, 5.41) is 2.34. The first-order valence-electron chi connectivity index (χ1n) is 6.27. The number of halogens is 1. The van der Waals surface area contributed by atoms with Crippen LogP contribution in [0.4, 0.5) is 5.82 Å². The van der Waals surface area contributed by atoms with Crippen molar-refractivity contribution in [2.24, 2.45) is 5.84 Å². The van der Waals surface area contributed by atoms with E-state index in [4.69, 9.17) is 17.4 Å². The van der Waals surface area contributed by atoms with Crippen LogP contribution in [-0.4, -0.2) is 16.0 Å². The molecule has 0 saturated heterocycles. The first kappa shape index (κ1) is 12.6. The third kappa shape index (κ3) is 2.69. The maximum absolute atomic E-state index is 6.28. The Kier molecular flexibility index (Phi) is 4.18. The van der Waals surface area contributed by atoms with Crippen molar-refractivity contribution in [1.29, 1.82) is 0 Å². The molecule has 0 atom stereocenters. The van der Waals surface area contributed by atoms with Gasteiger partial charge in [-0.15, -0.1) is 0 Å². The Morgan fingerprint density at radius 2 is 2.06 bits per heavy atom. The second-order valence-electron chi connectivity index (χ2n) is 4.51. The summed E-state index contributed by atoms with van der Waals surface area (Å²) in [4.78, 5) is 8.38. The minimum Gasteiger partial charge on any atom is -0.290 e. The van der Waals surface area contributed by atoms with Gasteiger partial charge < -0.3 is 0 Å². The second kappa shape index (κ2) is 5.65. The lowest BCUT2D eigenvalue weighted by atomic mass is 9.95. The topological polar surface area (TPSA) is 55.0 Å². The molecule has 5 heteroatoms. The highest BCUT2D eigenvalue weighted by molar-refractivity contribution is 6.33. The molecule has 0 radical (unpaired) electrons. The summed E-state index contributed by atoms with van der Waals surface area (Å²) in [5.74, 6) is 6.82. The van der Waals surface area contributed by atoms with Gasteiger partial charge >= 0.3 is 0 Å². The monoisotopic (exact) mass is 254 g/mol. The third-order valence-electron chi connectivity index (χ3n) is 3.39. The molecule has 17 heavy (non-hydrogen) atoms. The van der Waals surface area contributed by atoms with Crippen LogP contribution in [0.3, 0.4) is 0 Å². The van der Waals surface area contributed by atoms with Crippen LogP contribution in [0, 0.1) is 0 Å². The zero-order valence-electron chi connectivity index (χ0n) is 10.2. The molecular formula is C12H19ClN4. The Balaban J connectivity index is 2.20. The van der Waals surface area contributed by atoms with Crippen LogP contribution < -0.4 is 10.9 Å². The van der Waals surface area contributed by atoms with E-state index in [1.54, 1.807) is 11.3 Å². The van der Waals surface area contributed by atoms with Gasteiger partial charge in [-0.1, -0.05) is 37.8 Å². The molecule has 1 fully saturated rings. The van der Waals surface area contributed by atoms with E-state index in [-0.39, 0.29) is 0 Å². The summed E-state index contributed by atoms with van der Waals surface area (Å²) in [6, 6.07) is 0.362. The second-order valence-corrected chi connectivity index (χ2v) is 4.89. The number of hydrogen-bond acceptors (Lipinski definition) is 4. The summed E-state index contributed by atoms with van der Waals surface area (Å²) in [6.07, 6.45) is 8.37. The highest BCUT2D eigenvalue weighted by Gasteiger charge is 2.22. The third-order valence-corrected chi connectivity index (χ3v) is 3.78. The molecule has 1 aromatic rings. The highest BCUT2D eigenvalue weighted by Crippen LogP contribution is 2.29. The van der Waals surface area contributed by atoms with E-state index in [2.05, 4.69) is 9.97 Å². The molecular weight excluding hydrogens is 236 g/mol. The number of aryl methyl sites for hydroxylation is 1. The fourth-order valence-corrected chi connectivity index (χ4v) is 2.68. The van der Waals surface area contributed by atoms with Gasteiger partial charge in [0.2, 0.25) is 0 Å². The summed E-state index contributed by atoms with van der Waals surface area (Å²) in [7, 11) is 0. The predicted octanol–water partition coefficient (Wildman–Crippen LogP) is 2.71. The SMILES string of the molecule is CCc1ncnc(N(N)C2CCCCC2)c1Cl. The van der Waals surface area contributed by atoms with Crippen LogP contribution >= 0.6 is 11.6 Å². The van der Waals surface area contributed by atoms with Gasteiger partial charge in [-0.3, -0.25) is 5.01 Å². The molecule has 4 nitrogen and oxygen atoms in total. The predicted molar refractivity (Wildman–Crippen MR) is 70.0 cm³/mol. The molecule has 1 aliphatic rings. The molecule has 0 bridgehead atoms. The van der Waals surface area contributed by atoms with Gasteiger partial charge in [-0.2, -0.15) is 0 Å². The lowest BCUT2D eigenvalue weighted by molar-refractivity contribution is 0.416. The van der Waals surface area contributed by atoms with Crippen molar-refractivity contribution in [3.8, 4) is 0 Å². The number of aromatic nitrogens is 2.